The van der Waals surface area contributed by atoms with E-state index in [1.807, 2.05) is 0 Å². The van der Waals surface area contributed by atoms with Crippen molar-refractivity contribution in [1.29, 1.82) is 0 Å². The van der Waals surface area contributed by atoms with E-state index in [-0.39, 0.29) is 12.5 Å². The predicted molar refractivity (Wildman–Crippen MR) is 78.9 cm³/mol. The van der Waals surface area contributed by atoms with Crippen LogP contribution in [0.1, 0.15) is 31.1 Å². The zero-order valence-corrected chi connectivity index (χ0v) is 12.6. The highest BCUT2D eigenvalue weighted by atomic mass is 16.5. The number of carbonyl (C=O) groups is 3. The van der Waals surface area contributed by atoms with Gasteiger partial charge in [-0.2, -0.15) is 0 Å². The first-order valence-electron chi connectivity index (χ1n) is 6.50. The predicted octanol–water partition coefficient (Wildman–Crippen LogP) is 1.57. The van der Waals surface area contributed by atoms with Gasteiger partial charge in [0.1, 0.15) is 6.54 Å². The molecule has 0 radical (unpaired) electrons. The minimum absolute atomic E-state index is 0.144. The fourth-order valence-electron chi connectivity index (χ4n) is 1.38. The van der Waals surface area contributed by atoms with Gasteiger partial charge in [-0.05, 0) is 18.2 Å². The van der Waals surface area contributed by atoms with Gasteiger partial charge in [0.2, 0.25) is 5.91 Å². The van der Waals surface area contributed by atoms with Crippen LogP contribution in [-0.2, 0) is 14.3 Å². The molecule has 6 nitrogen and oxygen atoms in total. The van der Waals surface area contributed by atoms with Gasteiger partial charge >= 0.3 is 5.97 Å². The zero-order chi connectivity index (χ0) is 16.0. The van der Waals surface area contributed by atoms with Crippen LogP contribution in [0.4, 0.5) is 5.69 Å². The van der Waals surface area contributed by atoms with Gasteiger partial charge in [0.05, 0.1) is 7.11 Å². The Kier molecular flexibility index (Phi) is 5.46. The number of esters is 1. The van der Waals surface area contributed by atoms with Crippen LogP contribution in [0, 0.1) is 5.41 Å². The minimum Gasteiger partial charge on any atom is -0.468 e. The van der Waals surface area contributed by atoms with Crippen LogP contribution in [0.15, 0.2) is 24.3 Å². The van der Waals surface area contributed by atoms with Crippen LogP contribution in [0.5, 0.6) is 0 Å². The van der Waals surface area contributed by atoms with E-state index in [2.05, 4.69) is 15.4 Å². The molecule has 1 aromatic carbocycles. The Morgan fingerprint density at radius 3 is 2.43 bits per heavy atom. The Labute approximate surface area is 123 Å². The molecule has 0 aliphatic rings. The number of rotatable bonds is 4. The number of anilines is 1. The molecule has 0 aliphatic heterocycles. The van der Waals surface area contributed by atoms with E-state index in [0.717, 1.165) is 0 Å². The molecule has 0 saturated carbocycles. The van der Waals surface area contributed by atoms with Crippen LogP contribution in [0.3, 0.4) is 0 Å². The van der Waals surface area contributed by atoms with Crippen molar-refractivity contribution in [1.82, 2.24) is 5.32 Å². The molecule has 1 rings (SSSR count). The standard InChI is InChI=1S/C15H20N2O4/c1-15(2,3)14(20)17-11-7-5-6-10(8-11)13(19)16-9-12(18)21-4/h5-8H,9H2,1-4H3,(H,16,19)(H,17,20). The van der Waals surface area contributed by atoms with Crippen LogP contribution < -0.4 is 10.6 Å². The smallest absolute Gasteiger partial charge is 0.325 e. The van der Waals surface area contributed by atoms with Crippen molar-refractivity contribution >= 4 is 23.5 Å². The summed E-state index contributed by atoms with van der Waals surface area (Å²) in [5, 5.41) is 5.18. The molecule has 0 heterocycles. The molecule has 0 unspecified atom stereocenters. The fraction of sp³-hybridized carbons (Fsp3) is 0.400. The molecule has 0 aromatic heterocycles. The summed E-state index contributed by atoms with van der Waals surface area (Å²) in [4.78, 5) is 34.7. The van der Waals surface area contributed by atoms with E-state index in [1.165, 1.54) is 7.11 Å². The van der Waals surface area contributed by atoms with Crippen molar-refractivity contribution < 1.29 is 19.1 Å². The summed E-state index contributed by atoms with van der Waals surface area (Å²) in [6.07, 6.45) is 0. The van der Waals surface area contributed by atoms with Crippen LogP contribution in [0.25, 0.3) is 0 Å². The van der Waals surface area contributed by atoms with Crippen LogP contribution in [-0.4, -0.2) is 31.4 Å². The lowest BCUT2D eigenvalue weighted by atomic mass is 9.95. The number of benzene rings is 1. The first-order valence-corrected chi connectivity index (χ1v) is 6.50. The van der Waals surface area contributed by atoms with E-state index in [1.54, 1.807) is 45.0 Å². The average Bonchev–Trinajstić information content (AvgIpc) is 2.43. The third-order valence-electron chi connectivity index (χ3n) is 2.68. The van der Waals surface area contributed by atoms with Crippen molar-refractivity contribution in [2.45, 2.75) is 20.8 Å². The second-order valence-electron chi connectivity index (χ2n) is 5.54. The monoisotopic (exact) mass is 292 g/mol. The maximum Gasteiger partial charge on any atom is 0.325 e. The number of hydrogen-bond acceptors (Lipinski definition) is 4. The van der Waals surface area contributed by atoms with Gasteiger partial charge in [-0.25, -0.2) is 0 Å². The Hall–Kier alpha value is -2.37. The second-order valence-corrected chi connectivity index (χ2v) is 5.54. The lowest BCUT2D eigenvalue weighted by molar-refractivity contribution is -0.139. The van der Waals surface area contributed by atoms with Crippen LogP contribution in [0.2, 0.25) is 0 Å². The first-order chi connectivity index (χ1) is 9.74. The van der Waals surface area contributed by atoms with Gasteiger partial charge < -0.3 is 15.4 Å². The summed E-state index contributed by atoms with van der Waals surface area (Å²) < 4.78 is 4.44. The largest absolute Gasteiger partial charge is 0.468 e. The van der Waals surface area contributed by atoms with Gasteiger partial charge in [0, 0.05) is 16.7 Å². The van der Waals surface area contributed by atoms with Crippen molar-refractivity contribution in [3.63, 3.8) is 0 Å². The molecule has 0 atom stereocenters. The van der Waals surface area contributed by atoms with Gasteiger partial charge in [-0.1, -0.05) is 26.8 Å². The molecule has 0 fully saturated rings. The molecular formula is C15H20N2O4. The lowest BCUT2D eigenvalue weighted by Gasteiger charge is -2.17. The van der Waals surface area contributed by atoms with Crippen molar-refractivity contribution in [2.24, 2.45) is 5.41 Å². The first kappa shape index (κ1) is 16.7. The molecule has 0 aliphatic carbocycles. The summed E-state index contributed by atoms with van der Waals surface area (Å²) in [5.74, 6) is -1.08. The number of methoxy groups -OCH3 is 1. The Bertz CT molecular complexity index is 547. The molecule has 2 N–H and O–H groups in total. The average molecular weight is 292 g/mol. The lowest BCUT2D eigenvalue weighted by Crippen LogP contribution is -2.30. The zero-order valence-electron chi connectivity index (χ0n) is 12.6. The van der Waals surface area contributed by atoms with Gasteiger partial charge in [-0.15, -0.1) is 0 Å². The van der Waals surface area contributed by atoms with Crippen molar-refractivity contribution in [3.05, 3.63) is 29.8 Å². The fourth-order valence-corrected chi connectivity index (χ4v) is 1.38. The summed E-state index contributed by atoms with van der Waals surface area (Å²) in [5.41, 5.74) is 0.356. The quantitative estimate of drug-likeness (QED) is 0.825. The molecule has 21 heavy (non-hydrogen) atoms. The number of ether oxygens (including phenoxy) is 1. The number of hydrogen-bond donors (Lipinski definition) is 2. The topological polar surface area (TPSA) is 84.5 Å². The van der Waals surface area contributed by atoms with E-state index in [0.29, 0.717) is 11.3 Å². The SMILES string of the molecule is COC(=O)CNC(=O)c1cccc(NC(=O)C(C)(C)C)c1. The number of nitrogens with one attached hydrogen (secondary N) is 2. The van der Waals surface area contributed by atoms with Gasteiger partial charge in [0.25, 0.3) is 5.91 Å². The molecule has 114 valence electrons. The summed E-state index contributed by atoms with van der Waals surface area (Å²) >= 11 is 0. The van der Waals surface area contributed by atoms with E-state index >= 15 is 0 Å². The molecule has 0 spiro atoms. The van der Waals surface area contributed by atoms with Crippen LogP contribution >= 0.6 is 0 Å². The third kappa shape index (κ3) is 5.25. The molecule has 0 bridgehead atoms. The van der Waals surface area contributed by atoms with Crippen molar-refractivity contribution in [3.8, 4) is 0 Å². The van der Waals surface area contributed by atoms with E-state index < -0.39 is 17.3 Å². The Morgan fingerprint density at radius 2 is 1.86 bits per heavy atom. The van der Waals surface area contributed by atoms with Gasteiger partial charge in [-0.3, -0.25) is 14.4 Å². The molecule has 1 aromatic rings. The highest BCUT2D eigenvalue weighted by Gasteiger charge is 2.21. The maximum absolute atomic E-state index is 11.9. The number of amides is 2. The highest BCUT2D eigenvalue weighted by Crippen LogP contribution is 2.18. The Morgan fingerprint density at radius 1 is 1.19 bits per heavy atom. The normalized spacial score (nSPS) is 10.7. The maximum atomic E-state index is 11.9. The summed E-state index contributed by atoms with van der Waals surface area (Å²) in [6.45, 7) is 5.20. The summed E-state index contributed by atoms with van der Waals surface area (Å²) in [6, 6.07) is 6.50. The van der Waals surface area contributed by atoms with E-state index in [9.17, 15) is 14.4 Å². The third-order valence-corrected chi connectivity index (χ3v) is 2.68. The van der Waals surface area contributed by atoms with Crippen molar-refractivity contribution in [2.75, 3.05) is 19.0 Å². The highest BCUT2D eigenvalue weighted by molar-refractivity contribution is 5.99. The summed E-state index contributed by atoms with van der Waals surface area (Å²) in [7, 11) is 1.25. The van der Waals surface area contributed by atoms with Gasteiger partial charge in [0.15, 0.2) is 0 Å². The molecule has 0 saturated heterocycles. The minimum atomic E-state index is -0.527. The molecule has 2 amide bonds. The molecule has 6 heteroatoms. The Balaban J connectivity index is 2.74. The second kappa shape index (κ2) is 6.88. The number of carbonyl (C=O) groups excluding carboxylic acids is 3. The molecular weight excluding hydrogens is 272 g/mol. The van der Waals surface area contributed by atoms with E-state index in [4.69, 9.17) is 0 Å².